The summed E-state index contributed by atoms with van der Waals surface area (Å²) in [6, 6.07) is 5.52. The van der Waals surface area contributed by atoms with Crippen molar-refractivity contribution in [3.63, 3.8) is 0 Å². The lowest BCUT2D eigenvalue weighted by Crippen LogP contribution is -2.52. The van der Waals surface area contributed by atoms with Gasteiger partial charge in [0.1, 0.15) is 5.52 Å². The Morgan fingerprint density at radius 2 is 2.12 bits per heavy atom. The van der Waals surface area contributed by atoms with Crippen molar-refractivity contribution in [2.24, 2.45) is 11.8 Å². The van der Waals surface area contributed by atoms with Crippen LogP contribution in [0.5, 0.6) is 0 Å². The summed E-state index contributed by atoms with van der Waals surface area (Å²) in [5.74, 6) is 0.557. The Hall–Kier alpha value is -2.01. The highest BCUT2D eigenvalue weighted by molar-refractivity contribution is 6.04. The summed E-state index contributed by atoms with van der Waals surface area (Å²) in [4.78, 5) is 23.5. The van der Waals surface area contributed by atoms with E-state index in [1.807, 2.05) is 30.0 Å². The standard InChI is InChI=1S/C19H25N3O2/c1-13(2)11-14-12-22(10-7-19(14,3)24)18(23)15-5-4-6-16-17(15)21-9-8-20-16/h4-6,8-9,13-14,24H,7,10-12H2,1-3H3/t14-,19+/m0/s1. The summed E-state index contributed by atoms with van der Waals surface area (Å²) >= 11 is 0. The second-order valence-electron chi connectivity index (χ2n) is 7.41. The Balaban J connectivity index is 1.87. The van der Waals surface area contributed by atoms with Crippen molar-refractivity contribution in [1.29, 1.82) is 0 Å². The van der Waals surface area contributed by atoms with Gasteiger partial charge in [-0.2, -0.15) is 0 Å². The smallest absolute Gasteiger partial charge is 0.256 e. The molecular weight excluding hydrogens is 302 g/mol. The van der Waals surface area contributed by atoms with Gasteiger partial charge in [0, 0.05) is 31.4 Å². The van der Waals surface area contributed by atoms with Crippen LogP contribution in [-0.4, -0.2) is 44.6 Å². The van der Waals surface area contributed by atoms with E-state index < -0.39 is 5.60 Å². The highest BCUT2D eigenvalue weighted by Gasteiger charge is 2.39. The minimum Gasteiger partial charge on any atom is -0.390 e. The van der Waals surface area contributed by atoms with Gasteiger partial charge in [-0.25, -0.2) is 0 Å². The van der Waals surface area contributed by atoms with Crippen molar-refractivity contribution in [2.45, 2.75) is 39.2 Å². The van der Waals surface area contributed by atoms with Gasteiger partial charge in [-0.3, -0.25) is 14.8 Å². The average molecular weight is 327 g/mol. The second-order valence-corrected chi connectivity index (χ2v) is 7.41. The SMILES string of the molecule is CC(C)C[C@H]1CN(C(=O)c2cccc3nccnc23)CC[C@@]1(C)O. The number of rotatable bonds is 3. The van der Waals surface area contributed by atoms with Crippen LogP contribution in [0.3, 0.4) is 0 Å². The summed E-state index contributed by atoms with van der Waals surface area (Å²) in [7, 11) is 0. The van der Waals surface area contributed by atoms with Gasteiger partial charge in [-0.05, 0) is 37.8 Å². The molecular formula is C19H25N3O2. The van der Waals surface area contributed by atoms with Crippen LogP contribution in [0.25, 0.3) is 11.0 Å². The van der Waals surface area contributed by atoms with Gasteiger partial charge >= 0.3 is 0 Å². The van der Waals surface area contributed by atoms with Gasteiger partial charge in [-0.15, -0.1) is 0 Å². The minimum absolute atomic E-state index is 0.0228. The fraction of sp³-hybridized carbons (Fsp3) is 0.526. The van der Waals surface area contributed by atoms with E-state index >= 15 is 0 Å². The molecule has 5 heteroatoms. The first-order valence-electron chi connectivity index (χ1n) is 8.60. The number of nitrogens with zero attached hydrogens (tertiary/aromatic N) is 3. The van der Waals surface area contributed by atoms with E-state index in [-0.39, 0.29) is 11.8 Å². The molecule has 1 fully saturated rings. The Kier molecular flexibility index (Phi) is 4.54. The topological polar surface area (TPSA) is 66.3 Å². The molecule has 0 unspecified atom stereocenters. The molecule has 2 heterocycles. The van der Waals surface area contributed by atoms with E-state index in [0.717, 1.165) is 11.9 Å². The molecule has 2 aromatic rings. The number of amides is 1. The van der Waals surface area contributed by atoms with Gasteiger partial charge in [-0.1, -0.05) is 19.9 Å². The van der Waals surface area contributed by atoms with Crippen LogP contribution in [-0.2, 0) is 0 Å². The van der Waals surface area contributed by atoms with Crippen LogP contribution in [0.1, 0.15) is 44.0 Å². The monoisotopic (exact) mass is 327 g/mol. The van der Waals surface area contributed by atoms with Gasteiger partial charge in [0.05, 0.1) is 16.7 Å². The van der Waals surface area contributed by atoms with Crippen molar-refractivity contribution in [3.8, 4) is 0 Å². The molecule has 1 aromatic carbocycles. The third-order valence-corrected chi connectivity index (χ3v) is 4.98. The number of aliphatic hydroxyl groups is 1. The van der Waals surface area contributed by atoms with Crippen molar-refractivity contribution in [2.75, 3.05) is 13.1 Å². The van der Waals surface area contributed by atoms with E-state index in [4.69, 9.17) is 0 Å². The van der Waals surface area contributed by atoms with Crippen LogP contribution in [0.2, 0.25) is 0 Å². The molecule has 0 bridgehead atoms. The molecule has 1 aromatic heterocycles. The maximum absolute atomic E-state index is 13.0. The van der Waals surface area contributed by atoms with Gasteiger partial charge in [0.2, 0.25) is 0 Å². The average Bonchev–Trinajstić information content (AvgIpc) is 2.55. The van der Waals surface area contributed by atoms with Crippen LogP contribution in [0.15, 0.2) is 30.6 Å². The number of hydrogen-bond donors (Lipinski definition) is 1. The third kappa shape index (κ3) is 3.26. The van der Waals surface area contributed by atoms with E-state index in [0.29, 0.717) is 36.5 Å². The number of likely N-dealkylation sites (tertiary alicyclic amines) is 1. The fourth-order valence-corrected chi connectivity index (χ4v) is 3.54. The number of carbonyl (C=O) groups is 1. The summed E-state index contributed by atoms with van der Waals surface area (Å²) < 4.78 is 0. The maximum Gasteiger partial charge on any atom is 0.256 e. The lowest BCUT2D eigenvalue weighted by Gasteiger charge is -2.43. The first-order chi connectivity index (χ1) is 11.4. The van der Waals surface area contributed by atoms with Gasteiger partial charge in [0.25, 0.3) is 5.91 Å². The molecule has 1 amide bonds. The molecule has 3 rings (SSSR count). The van der Waals surface area contributed by atoms with Crippen molar-refractivity contribution >= 4 is 16.9 Å². The molecule has 0 aliphatic carbocycles. The summed E-state index contributed by atoms with van der Waals surface area (Å²) in [6.45, 7) is 7.34. The predicted molar refractivity (Wildman–Crippen MR) is 93.6 cm³/mol. The molecule has 0 saturated carbocycles. The zero-order valence-corrected chi connectivity index (χ0v) is 14.6. The third-order valence-electron chi connectivity index (χ3n) is 4.98. The summed E-state index contributed by atoms with van der Waals surface area (Å²) in [5, 5.41) is 10.7. The van der Waals surface area contributed by atoms with Crippen molar-refractivity contribution < 1.29 is 9.90 Å². The maximum atomic E-state index is 13.0. The van der Waals surface area contributed by atoms with Gasteiger partial charge in [0.15, 0.2) is 0 Å². The number of carbonyl (C=O) groups excluding carboxylic acids is 1. The first kappa shape index (κ1) is 16.8. The molecule has 128 valence electrons. The first-order valence-corrected chi connectivity index (χ1v) is 8.60. The largest absolute Gasteiger partial charge is 0.390 e. The predicted octanol–water partition coefficient (Wildman–Crippen LogP) is 2.89. The molecule has 1 saturated heterocycles. The number of hydrogen-bond acceptors (Lipinski definition) is 4. The van der Waals surface area contributed by atoms with E-state index in [9.17, 15) is 9.90 Å². The Labute approximate surface area is 142 Å². The van der Waals surface area contributed by atoms with Crippen LogP contribution >= 0.6 is 0 Å². The number of para-hydroxylation sites is 1. The zero-order valence-electron chi connectivity index (χ0n) is 14.6. The number of piperidine rings is 1. The number of fused-ring (bicyclic) bond motifs is 1. The lowest BCUT2D eigenvalue weighted by molar-refractivity contribution is -0.0576. The van der Waals surface area contributed by atoms with E-state index in [1.165, 1.54) is 0 Å². The quantitative estimate of drug-likeness (QED) is 0.941. The minimum atomic E-state index is -0.709. The molecule has 24 heavy (non-hydrogen) atoms. The van der Waals surface area contributed by atoms with Crippen LogP contribution in [0.4, 0.5) is 0 Å². The number of benzene rings is 1. The highest BCUT2D eigenvalue weighted by Crippen LogP contribution is 2.33. The summed E-state index contributed by atoms with van der Waals surface area (Å²) in [5.41, 5.74) is 1.25. The molecule has 1 aliphatic heterocycles. The summed E-state index contributed by atoms with van der Waals surface area (Å²) in [6.07, 6.45) is 4.76. The fourth-order valence-electron chi connectivity index (χ4n) is 3.54. The molecule has 5 nitrogen and oxygen atoms in total. The Bertz CT molecular complexity index is 737. The Morgan fingerprint density at radius 3 is 2.88 bits per heavy atom. The second kappa shape index (κ2) is 6.48. The number of aromatic nitrogens is 2. The Morgan fingerprint density at radius 1 is 1.38 bits per heavy atom. The van der Waals surface area contributed by atoms with Crippen molar-refractivity contribution in [1.82, 2.24) is 14.9 Å². The van der Waals surface area contributed by atoms with Crippen molar-refractivity contribution in [3.05, 3.63) is 36.2 Å². The highest BCUT2D eigenvalue weighted by atomic mass is 16.3. The molecule has 1 N–H and O–H groups in total. The van der Waals surface area contributed by atoms with Crippen LogP contribution in [0, 0.1) is 11.8 Å². The molecule has 0 radical (unpaired) electrons. The molecule has 1 aliphatic rings. The zero-order chi connectivity index (χ0) is 17.3. The van der Waals surface area contributed by atoms with Crippen LogP contribution < -0.4 is 0 Å². The van der Waals surface area contributed by atoms with E-state index in [2.05, 4.69) is 23.8 Å². The normalized spacial score (nSPS) is 24.5. The van der Waals surface area contributed by atoms with E-state index in [1.54, 1.807) is 12.4 Å². The lowest BCUT2D eigenvalue weighted by atomic mass is 9.78. The molecule has 0 spiro atoms. The molecule has 2 atom stereocenters. The van der Waals surface area contributed by atoms with Gasteiger partial charge < -0.3 is 10.0 Å².